The number of anilines is 1. The van der Waals surface area contributed by atoms with Crippen LogP contribution in [0.4, 0.5) is 5.69 Å². The first-order valence-electron chi connectivity index (χ1n) is 6.74. The molecular formula is C15H19N3O2S. The molecule has 0 fully saturated rings. The minimum Gasteiger partial charge on any atom is -0.397 e. The molecule has 2 aromatic rings. The molecule has 0 unspecified atom stereocenters. The van der Waals surface area contributed by atoms with Crippen LogP contribution in [0.25, 0.3) is 10.1 Å². The summed E-state index contributed by atoms with van der Waals surface area (Å²) in [6, 6.07) is 7.60. The Hall–Kier alpha value is -2.08. The molecule has 6 heteroatoms. The number of amides is 2. The molecule has 0 radical (unpaired) electrons. The molecular weight excluding hydrogens is 286 g/mol. The fourth-order valence-electron chi connectivity index (χ4n) is 2.22. The van der Waals surface area contributed by atoms with E-state index in [9.17, 15) is 9.59 Å². The monoisotopic (exact) mass is 305 g/mol. The summed E-state index contributed by atoms with van der Waals surface area (Å²) < 4.78 is 0.960. The van der Waals surface area contributed by atoms with E-state index in [1.54, 1.807) is 0 Å². The fourth-order valence-corrected chi connectivity index (χ4v) is 3.31. The second-order valence-electron chi connectivity index (χ2n) is 5.39. The Morgan fingerprint density at radius 2 is 1.95 bits per heavy atom. The fraction of sp³-hybridized carbons (Fsp3) is 0.333. The summed E-state index contributed by atoms with van der Waals surface area (Å²) in [5, 5.41) is 0.870. The molecule has 2 rings (SSSR count). The molecule has 0 bridgehead atoms. The summed E-state index contributed by atoms with van der Waals surface area (Å²) in [5.41, 5.74) is 11.8. The van der Waals surface area contributed by atoms with Gasteiger partial charge < -0.3 is 16.4 Å². The summed E-state index contributed by atoms with van der Waals surface area (Å²) in [6.45, 7) is 4.34. The van der Waals surface area contributed by atoms with Gasteiger partial charge in [0.25, 0.3) is 5.91 Å². The summed E-state index contributed by atoms with van der Waals surface area (Å²) >= 11 is 1.35. The molecule has 112 valence electrons. The minimum absolute atomic E-state index is 0.0926. The van der Waals surface area contributed by atoms with Crippen LogP contribution in [0, 0.1) is 5.92 Å². The van der Waals surface area contributed by atoms with E-state index >= 15 is 0 Å². The van der Waals surface area contributed by atoms with E-state index < -0.39 is 5.91 Å². The van der Waals surface area contributed by atoms with Crippen molar-refractivity contribution < 1.29 is 9.59 Å². The molecule has 1 heterocycles. The predicted molar refractivity (Wildman–Crippen MR) is 86.2 cm³/mol. The maximum atomic E-state index is 12.7. The van der Waals surface area contributed by atoms with Crippen LogP contribution in [-0.4, -0.2) is 29.8 Å². The molecule has 0 aliphatic carbocycles. The van der Waals surface area contributed by atoms with Gasteiger partial charge >= 0.3 is 0 Å². The van der Waals surface area contributed by atoms with Crippen LogP contribution in [0.2, 0.25) is 0 Å². The van der Waals surface area contributed by atoms with Gasteiger partial charge in [-0.2, -0.15) is 0 Å². The maximum absolute atomic E-state index is 12.7. The first-order valence-corrected chi connectivity index (χ1v) is 7.56. The Bertz CT molecular complexity index is 679. The molecule has 1 aromatic carbocycles. The van der Waals surface area contributed by atoms with Crippen LogP contribution in [-0.2, 0) is 4.79 Å². The highest BCUT2D eigenvalue weighted by Crippen LogP contribution is 2.34. The molecule has 0 saturated carbocycles. The Morgan fingerprint density at radius 1 is 1.29 bits per heavy atom. The van der Waals surface area contributed by atoms with Crippen molar-refractivity contribution in [3.05, 3.63) is 29.1 Å². The maximum Gasteiger partial charge on any atom is 0.266 e. The molecule has 5 nitrogen and oxygen atoms in total. The molecule has 0 saturated heterocycles. The van der Waals surface area contributed by atoms with E-state index in [2.05, 4.69) is 0 Å². The molecule has 21 heavy (non-hydrogen) atoms. The van der Waals surface area contributed by atoms with Gasteiger partial charge in [0.1, 0.15) is 4.88 Å². The van der Waals surface area contributed by atoms with Crippen LogP contribution in [0.3, 0.4) is 0 Å². The van der Waals surface area contributed by atoms with Crippen molar-refractivity contribution in [2.24, 2.45) is 11.7 Å². The molecule has 2 amide bonds. The lowest BCUT2D eigenvalue weighted by Gasteiger charge is -2.22. The third-order valence-corrected chi connectivity index (χ3v) is 4.22. The van der Waals surface area contributed by atoms with Crippen molar-refractivity contribution >= 4 is 38.9 Å². The molecule has 0 spiro atoms. The van der Waals surface area contributed by atoms with Crippen LogP contribution >= 0.6 is 11.3 Å². The largest absolute Gasteiger partial charge is 0.397 e. The average Bonchev–Trinajstić information content (AvgIpc) is 2.74. The number of primary amides is 1. The second kappa shape index (κ2) is 6.13. The van der Waals surface area contributed by atoms with Crippen molar-refractivity contribution in [1.29, 1.82) is 0 Å². The predicted octanol–water partition coefficient (Wildman–Crippen LogP) is 2.07. The summed E-state index contributed by atoms with van der Waals surface area (Å²) in [4.78, 5) is 25.8. The number of carbonyl (C=O) groups is 2. The van der Waals surface area contributed by atoms with E-state index in [4.69, 9.17) is 11.5 Å². The number of hydrogen-bond donors (Lipinski definition) is 2. The first kappa shape index (κ1) is 15.3. The number of thiophene rings is 1. The number of benzene rings is 1. The van der Waals surface area contributed by atoms with Gasteiger partial charge in [0.15, 0.2) is 0 Å². The number of nitrogens with zero attached hydrogens (tertiary/aromatic N) is 1. The second-order valence-corrected chi connectivity index (χ2v) is 6.44. The quantitative estimate of drug-likeness (QED) is 0.886. The average molecular weight is 305 g/mol. The van der Waals surface area contributed by atoms with Gasteiger partial charge in [-0.15, -0.1) is 11.3 Å². The highest BCUT2D eigenvalue weighted by atomic mass is 32.1. The normalized spacial score (nSPS) is 11.0. The van der Waals surface area contributed by atoms with Crippen molar-refractivity contribution in [3.8, 4) is 0 Å². The number of rotatable bonds is 5. The topological polar surface area (TPSA) is 89.4 Å². The lowest BCUT2D eigenvalue weighted by atomic mass is 10.2. The lowest BCUT2D eigenvalue weighted by molar-refractivity contribution is -0.118. The Balaban J connectivity index is 2.38. The molecule has 0 aliphatic heterocycles. The molecule has 0 atom stereocenters. The molecule has 4 N–H and O–H groups in total. The van der Waals surface area contributed by atoms with E-state index in [0.717, 1.165) is 10.1 Å². The van der Waals surface area contributed by atoms with Gasteiger partial charge in [0.05, 0.1) is 12.2 Å². The highest BCUT2D eigenvalue weighted by Gasteiger charge is 2.23. The summed E-state index contributed by atoms with van der Waals surface area (Å²) in [5.74, 6) is -0.520. The van der Waals surface area contributed by atoms with Crippen LogP contribution in [0.15, 0.2) is 24.3 Å². The van der Waals surface area contributed by atoms with Crippen LogP contribution < -0.4 is 11.5 Å². The zero-order chi connectivity index (χ0) is 15.6. The number of hydrogen-bond acceptors (Lipinski definition) is 4. The minimum atomic E-state index is -0.524. The van der Waals surface area contributed by atoms with Crippen molar-refractivity contribution in [2.45, 2.75) is 13.8 Å². The SMILES string of the molecule is CC(C)CN(CC(N)=O)C(=O)c1sc2ccccc2c1N. The molecule has 1 aromatic heterocycles. The van der Waals surface area contributed by atoms with Crippen molar-refractivity contribution in [1.82, 2.24) is 4.90 Å². The highest BCUT2D eigenvalue weighted by molar-refractivity contribution is 7.21. The Morgan fingerprint density at radius 3 is 2.52 bits per heavy atom. The van der Waals surface area contributed by atoms with Gasteiger partial charge in [0.2, 0.25) is 5.91 Å². The third kappa shape index (κ3) is 3.33. The zero-order valence-electron chi connectivity index (χ0n) is 12.1. The first-order chi connectivity index (χ1) is 9.90. The Kier molecular flexibility index (Phi) is 4.47. The van der Waals surface area contributed by atoms with E-state index in [-0.39, 0.29) is 18.4 Å². The Labute approximate surface area is 127 Å². The third-order valence-electron chi connectivity index (χ3n) is 3.05. The van der Waals surface area contributed by atoms with E-state index in [0.29, 0.717) is 17.1 Å². The summed E-state index contributed by atoms with van der Waals surface area (Å²) in [7, 11) is 0. The number of carbonyl (C=O) groups excluding carboxylic acids is 2. The molecule has 0 aliphatic rings. The van der Waals surface area contributed by atoms with Crippen LogP contribution in [0.5, 0.6) is 0 Å². The van der Waals surface area contributed by atoms with Gasteiger partial charge in [-0.1, -0.05) is 32.0 Å². The van der Waals surface area contributed by atoms with Crippen molar-refractivity contribution in [3.63, 3.8) is 0 Å². The summed E-state index contributed by atoms with van der Waals surface area (Å²) in [6.07, 6.45) is 0. The van der Waals surface area contributed by atoms with Crippen LogP contribution in [0.1, 0.15) is 23.5 Å². The zero-order valence-corrected chi connectivity index (χ0v) is 12.9. The van der Waals surface area contributed by atoms with Crippen molar-refractivity contribution in [2.75, 3.05) is 18.8 Å². The van der Waals surface area contributed by atoms with Gasteiger partial charge in [0, 0.05) is 16.6 Å². The van der Waals surface area contributed by atoms with Gasteiger partial charge in [-0.3, -0.25) is 9.59 Å². The van der Waals surface area contributed by atoms with Gasteiger partial charge in [-0.25, -0.2) is 0 Å². The van der Waals surface area contributed by atoms with E-state index in [1.165, 1.54) is 16.2 Å². The van der Waals surface area contributed by atoms with Gasteiger partial charge in [-0.05, 0) is 12.0 Å². The number of nitrogen functional groups attached to an aromatic ring is 1. The number of fused-ring (bicyclic) bond motifs is 1. The smallest absolute Gasteiger partial charge is 0.266 e. The van der Waals surface area contributed by atoms with E-state index in [1.807, 2.05) is 38.1 Å². The number of nitrogens with two attached hydrogens (primary N) is 2. The standard InChI is InChI=1S/C15H19N3O2S/c1-9(2)7-18(8-12(16)19)15(20)14-13(17)10-5-3-4-6-11(10)21-14/h3-6,9H,7-8,17H2,1-2H3,(H2,16,19). The lowest BCUT2D eigenvalue weighted by Crippen LogP contribution is -2.40.